The van der Waals surface area contributed by atoms with Gasteiger partial charge in [-0.1, -0.05) is 11.6 Å². The summed E-state index contributed by atoms with van der Waals surface area (Å²) in [6.07, 6.45) is 4.92. The largest absolute Gasteiger partial charge is 0.495 e. The lowest BCUT2D eigenvalue weighted by atomic mass is 10.2. The Hall–Kier alpha value is -0.930. The van der Waals surface area contributed by atoms with Crippen molar-refractivity contribution in [2.75, 3.05) is 58.3 Å². The third-order valence-electron chi connectivity index (χ3n) is 5.38. The van der Waals surface area contributed by atoms with Crippen LogP contribution < -0.4 is 20.3 Å². The number of ether oxygens (including phenoxy) is 1. The minimum Gasteiger partial charge on any atom is -0.495 e. The molecule has 0 aliphatic carbocycles. The summed E-state index contributed by atoms with van der Waals surface area (Å²) in [7, 11) is 3.54. The van der Waals surface area contributed by atoms with E-state index in [1.54, 1.807) is 7.11 Å². The normalized spacial score (nSPS) is 20.2. The van der Waals surface area contributed by atoms with Crippen LogP contribution in [0, 0.1) is 0 Å². The highest BCUT2D eigenvalue weighted by Crippen LogP contribution is 2.33. The second-order valence-electron chi connectivity index (χ2n) is 7.29. The molecule has 0 saturated carbocycles. The third kappa shape index (κ3) is 6.56. The maximum Gasteiger partial charge on any atom is 0.191 e. The van der Waals surface area contributed by atoms with Gasteiger partial charge in [-0.25, -0.2) is 0 Å². The van der Waals surface area contributed by atoms with Crippen molar-refractivity contribution < 1.29 is 4.74 Å². The molecule has 2 aliphatic rings. The zero-order chi connectivity index (χ0) is 19.1. The molecule has 0 amide bonds. The molecule has 2 aliphatic heterocycles. The van der Waals surface area contributed by atoms with Crippen molar-refractivity contribution in [1.82, 2.24) is 15.5 Å². The van der Waals surface area contributed by atoms with Gasteiger partial charge in [0.05, 0.1) is 12.8 Å². The number of halogens is 2. The van der Waals surface area contributed by atoms with Crippen LogP contribution in [0.25, 0.3) is 0 Å². The smallest absolute Gasteiger partial charge is 0.191 e. The number of anilines is 1. The highest BCUT2D eigenvalue weighted by atomic mass is 127. The Morgan fingerprint density at radius 3 is 2.79 bits per heavy atom. The van der Waals surface area contributed by atoms with Crippen LogP contribution in [0.2, 0.25) is 5.02 Å². The van der Waals surface area contributed by atoms with Crippen molar-refractivity contribution in [3.63, 3.8) is 0 Å². The lowest BCUT2D eigenvalue weighted by Crippen LogP contribution is -2.45. The number of guanidine groups is 1. The zero-order valence-corrected chi connectivity index (χ0v) is 20.0. The fraction of sp³-hybridized carbons (Fsp3) is 0.650. The Kier molecular flexibility index (Phi) is 9.94. The first-order chi connectivity index (χ1) is 13.2. The van der Waals surface area contributed by atoms with Crippen LogP contribution in [0.1, 0.15) is 25.7 Å². The van der Waals surface area contributed by atoms with Gasteiger partial charge in [0.1, 0.15) is 5.75 Å². The number of hydrogen-bond donors (Lipinski definition) is 2. The summed E-state index contributed by atoms with van der Waals surface area (Å²) in [4.78, 5) is 9.25. The Balaban J connectivity index is 0.00000280. The van der Waals surface area contributed by atoms with Crippen molar-refractivity contribution in [2.24, 2.45) is 4.99 Å². The van der Waals surface area contributed by atoms with Crippen LogP contribution >= 0.6 is 35.6 Å². The summed E-state index contributed by atoms with van der Waals surface area (Å²) >= 11 is 6.18. The monoisotopic (exact) mass is 521 g/mol. The van der Waals surface area contributed by atoms with Crippen molar-refractivity contribution in [2.45, 2.75) is 31.7 Å². The van der Waals surface area contributed by atoms with Crippen molar-refractivity contribution in [3.8, 4) is 5.75 Å². The summed E-state index contributed by atoms with van der Waals surface area (Å²) in [5.74, 6) is 1.76. The van der Waals surface area contributed by atoms with E-state index in [0.29, 0.717) is 6.04 Å². The topological polar surface area (TPSA) is 52.1 Å². The second-order valence-corrected chi connectivity index (χ2v) is 7.73. The van der Waals surface area contributed by atoms with Gasteiger partial charge in [-0.3, -0.25) is 4.99 Å². The first-order valence-corrected chi connectivity index (χ1v) is 10.4. The van der Waals surface area contributed by atoms with E-state index < -0.39 is 0 Å². The quantitative estimate of drug-likeness (QED) is 0.250. The molecule has 2 fully saturated rings. The van der Waals surface area contributed by atoms with Crippen molar-refractivity contribution in [1.29, 1.82) is 0 Å². The van der Waals surface area contributed by atoms with Gasteiger partial charge in [-0.15, -0.1) is 24.0 Å². The van der Waals surface area contributed by atoms with E-state index >= 15 is 0 Å². The zero-order valence-electron chi connectivity index (χ0n) is 16.9. The molecule has 2 saturated heterocycles. The molecule has 1 unspecified atom stereocenters. The molecule has 6 nitrogen and oxygen atoms in total. The molecule has 1 aromatic carbocycles. The number of nitrogens with one attached hydrogen (secondary N) is 2. The first kappa shape index (κ1) is 23.3. The van der Waals surface area contributed by atoms with Crippen LogP contribution in [0.3, 0.4) is 0 Å². The fourth-order valence-corrected chi connectivity index (χ4v) is 4.08. The van der Waals surface area contributed by atoms with E-state index in [0.717, 1.165) is 54.9 Å². The molecule has 3 rings (SSSR count). The van der Waals surface area contributed by atoms with E-state index in [9.17, 15) is 0 Å². The van der Waals surface area contributed by atoms with Crippen LogP contribution in [0.15, 0.2) is 23.2 Å². The maximum absolute atomic E-state index is 6.18. The number of hydrogen-bond acceptors (Lipinski definition) is 4. The molecule has 0 aromatic heterocycles. The van der Waals surface area contributed by atoms with Gasteiger partial charge in [0, 0.05) is 37.7 Å². The molecular weight excluding hydrogens is 489 g/mol. The Labute approximate surface area is 191 Å². The van der Waals surface area contributed by atoms with Gasteiger partial charge in [0.15, 0.2) is 5.96 Å². The number of nitrogens with zero attached hydrogens (tertiary/aromatic N) is 3. The highest BCUT2D eigenvalue weighted by Gasteiger charge is 2.25. The molecule has 158 valence electrons. The van der Waals surface area contributed by atoms with Crippen LogP contribution in [-0.4, -0.2) is 70.3 Å². The molecule has 0 radical (unpaired) electrons. The molecular formula is C20H33ClIN5O. The molecule has 2 N–H and O–H groups in total. The van der Waals surface area contributed by atoms with Gasteiger partial charge < -0.3 is 25.2 Å². The standard InChI is InChI=1S/C20H32ClN5O.HI/c1-22-20(23-9-5-12-25-10-3-4-11-25)24-17-8-13-26(15-17)18-14-16(21)6-7-19(18)27-2;/h6-7,14,17H,3-5,8-13,15H2,1-2H3,(H2,22,23,24);1H. The van der Waals surface area contributed by atoms with Crippen molar-refractivity contribution >= 4 is 47.2 Å². The van der Waals surface area contributed by atoms with Gasteiger partial charge >= 0.3 is 0 Å². The summed E-state index contributed by atoms with van der Waals surface area (Å²) in [5.41, 5.74) is 1.06. The molecule has 1 aromatic rings. The van der Waals surface area contributed by atoms with Crippen LogP contribution in [0.4, 0.5) is 5.69 Å². The molecule has 0 bridgehead atoms. The molecule has 8 heteroatoms. The maximum atomic E-state index is 6.18. The lowest BCUT2D eigenvalue weighted by Gasteiger charge is -2.22. The minimum absolute atomic E-state index is 0. The first-order valence-electron chi connectivity index (χ1n) is 9.97. The Bertz CT molecular complexity index is 639. The number of rotatable bonds is 7. The Morgan fingerprint density at radius 2 is 2.07 bits per heavy atom. The second kappa shape index (κ2) is 11.9. The van der Waals surface area contributed by atoms with Gasteiger partial charge in [-0.2, -0.15) is 0 Å². The van der Waals surface area contributed by atoms with Gasteiger partial charge in [0.25, 0.3) is 0 Å². The number of methoxy groups -OCH3 is 1. The van der Waals surface area contributed by atoms with E-state index in [2.05, 4.69) is 25.4 Å². The summed E-state index contributed by atoms with van der Waals surface area (Å²) < 4.78 is 5.50. The third-order valence-corrected chi connectivity index (χ3v) is 5.61. The van der Waals surface area contributed by atoms with E-state index in [4.69, 9.17) is 16.3 Å². The number of likely N-dealkylation sites (tertiary alicyclic amines) is 1. The van der Waals surface area contributed by atoms with E-state index in [-0.39, 0.29) is 24.0 Å². The molecule has 28 heavy (non-hydrogen) atoms. The molecule has 2 heterocycles. The number of benzene rings is 1. The highest BCUT2D eigenvalue weighted by molar-refractivity contribution is 14.0. The molecule has 1 atom stereocenters. The molecule has 0 spiro atoms. The summed E-state index contributed by atoms with van der Waals surface area (Å²) in [5, 5.41) is 7.74. The SMILES string of the molecule is CN=C(NCCCN1CCCC1)NC1CCN(c2cc(Cl)ccc2OC)C1.I. The Morgan fingerprint density at radius 1 is 1.29 bits per heavy atom. The summed E-state index contributed by atoms with van der Waals surface area (Å²) in [6.45, 7) is 6.53. The van der Waals surface area contributed by atoms with E-state index in [1.165, 1.54) is 32.5 Å². The predicted molar refractivity (Wildman–Crippen MR) is 129 cm³/mol. The predicted octanol–water partition coefficient (Wildman–Crippen LogP) is 3.20. The van der Waals surface area contributed by atoms with E-state index in [1.807, 2.05) is 25.2 Å². The van der Waals surface area contributed by atoms with Crippen molar-refractivity contribution in [3.05, 3.63) is 23.2 Å². The van der Waals surface area contributed by atoms with Gasteiger partial charge in [-0.05, 0) is 63.5 Å². The van der Waals surface area contributed by atoms with Crippen LogP contribution in [0.5, 0.6) is 5.75 Å². The fourth-order valence-electron chi connectivity index (χ4n) is 3.91. The average Bonchev–Trinajstić information content (AvgIpc) is 3.36. The van der Waals surface area contributed by atoms with Crippen LogP contribution in [-0.2, 0) is 0 Å². The minimum atomic E-state index is 0. The van der Waals surface area contributed by atoms with Gasteiger partial charge in [0.2, 0.25) is 0 Å². The lowest BCUT2D eigenvalue weighted by molar-refractivity contribution is 0.334. The average molecular weight is 522 g/mol. The summed E-state index contributed by atoms with van der Waals surface area (Å²) in [6, 6.07) is 6.13. The number of aliphatic imine (C=N–C) groups is 1.